The van der Waals surface area contributed by atoms with Gasteiger partial charge in [0.2, 0.25) is 0 Å². The zero-order chi connectivity index (χ0) is 10.7. The monoisotopic (exact) mass is 212 g/mol. The molecule has 0 radical (unpaired) electrons. The number of hydrogen-bond acceptors (Lipinski definition) is 4. The first kappa shape index (κ1) is 11.3. The van der Waals surface area contributed by atoms with Crippen molar-refractivity contribution in [2.75, 3.05) is 0 Å². The lowest BCUT2D eigenvalue weighted by atomic mass is 10.0. The highest BCUT2D eigenvalue weighted by Crippen LogP contribution is 2.22. The van der Waals surface area contributed by atoms with Crippen LogP contribution in [0.15, 0.2) is 0 Å². The van der Waals surface area contributed by atoms with E-state index >= 15 is 0 Å². The fourth-order valence-electron chi connectivity index (χ4n) is 1.23. The van der Waals surface area contributed by atoms with E-state index < -0.39 is 0 Å². The van der Waals surface area contributed by atoms with Crippen LogP contribution in [0.25, 0.3) is 0 Å². The molecule has 1 aromatic heterocycles. The molecule has 0 saturated heterocycles. The topological polar surface area (TPSA) is 42.9 Å². The highest BCUT2D eigenvalue weighted by molar-refractivity contribution is 7.08. The van der Waals surface area contributed by atoms with E-state index in [0.29, 0.717) is 12.3 Å². The van der Waals surface area contributed by atoms with Gasteiger partial charge in [0.15, 0.2) is 5.78 Å². The fraction of sp³-hybridized carbons (Fsp3) is 0.700. The summed E-state index contributed by atoms with van der Waals surface area (Å²) in [7, 11) is 0. The molecule has 0 aromatic carbocycles. The first-order valence-corrected chi connectivity index (χ1v) is 5.65. The number of ketones is 1. The van der Waals surface area contributed by atoms with Crippen LogP contribution in [0.5, 0.6) is 0 Å². The van der Waals surface area contributed by atoms with Crippen molar-refractivity contribution in [1.29, 1.82) is 0 Å². The van der Waals surface area contributed by atoms with Crippen LogP contribution in [0.1, 0.15) is 55.4 Å². The number of Topliss-reactive ketones (excluding diaryl/α,β-unsaturated/α-hetero) is 1. The van der Waals surface area contributed by atoms with Gasteiger partial charge in [0.05, 0.1) is 5.69 Å². The minimum Gasteiger partial charge on any atom is -0.293 e. The summed E-state index contributed by atoms with van der Waals surface area (Å²) in [5.74, 6) is 0.850. The molecule has 4 heteroatoms. The molecule has 1 aromatic rings. The van der Waals surface area contributed by atoms with E-state index in [4.69, 9.17) is 0 Å². The summed E-state index contributed by atoms with van der Waals surface area (Å²) in [6, 6.07) is 0. The summed E-state index contributed by atoms with van der Waals surface area (Å²) in [5, 5.41) is 3.99. The molecule has 0 aliphatic rings. The van der Waals surface area contributed by atoms with Gasteiger partial charge >= 0.3 is 0 Å². The van der Waals surface area contributed by atoms with E-state index in [0.717, 1.165) is 10.6 Å². The van der Waals surface area contributed by atoms with Crippen molar-refractivity contribution in [2.24, 2.45) is 5.92 Å². The largest absolute Gasteiger partial charge is 0.293 e. The second kappa shape index (κ2) is 4.64. The maximum absolute atomic E-state index is 11.8. The van der Waals surface area contributed by atoms with E-state index in [1.165, 1.54) is 11.5 Å². The predicted octanol–water partition coefficient (Wildman–Crippen LogP) is 2.89. The Morgan fingerprint density at radius 1 is 1.36 bits per heavy atom. The lowest BCUT2D eigenvalue weighted by Gasteiger charge is -2.04. The highest BCUT2D eigenvalue weighted by Gasteiger charge is 2.18. The molecule has 0 aliphatic heterocycles. The number of hydrogen-bond donors (Lipinski definition) is 0. The van der Waals surface area contributed by atoms with Gasteiger partial charge in [-0.3, -0.25) is 4.79 Å². The Kier molecular flexibility index (Phi) is 3.75. The van der Waals surface area contributed by atoms with Crippen LogP contribution >= 0.6 is 11.5 Å². The van der Waals surface area contributed by atoms with Crippen LogP contribution in [-0.4, -0.2) is 15.4 Å². The summed E-state index contributed by atoms with van der Waals surface area (Å²) < 4.78 is 3.84. The predicted molar refractivity (Wildman–Crippen MR) is 57.8 cm³/mol. The summed E-state index contributed by atoms with van der Waals surface area (Å²) in [5.41, 5.74) is 0.848. The van der Waals surface area contributed by atoms with Gasteiger partial charge in [0.1, 0.15) is 4.88 Å². The van der Waals surface area contributed by atoms with Gasteiger partial charge in [-0.2, -0.15) is 0 Å². The van der Waals surface area contributed by atoms with Gasteiger partial charge in [0.25, 0.3) is 0 Å². The lowest BCUT2D eigenvalue weighted by Crippen LogP contribution is -2.05. The van der Waals surface area contributed by atoms with Crippen LogP contribution in [-0.2, 0) is 0 Å². The third-order valence-electron chi connectivity index (χ3n) is 1.91. The molecular weight excluding hydrogens is 196 g/mol. The zero-order valence-corrected chi connectivity index (χ0v) is 9.89. The quantitative estimate of drug-likeness (QED) is 0.721. The highest BCUT2D eigenvalue weighted by atomic mass is 32.1. The molecule has 14 heavy (non-hydrogen) atoms. The fourth-order valence-corrected chi connectivity index (χ4v) is 2.00. The van der Waals surface area contributed by atoms with Crippen LogP contribution in [0, 0.1) is 5.92 Å². The van der Waals surface area contributed by atoms with Gasteiger partial charge < -0.3 is 0 Å². The van der Waals surface area contributed by atoms with E-state index in [2.05, 4.69) is 9.59 Å². The molecule has 0 saturated carbocycles. The first-order valence-electron chi connectivity index (χ1n) is 4.87. The average Bonchev–Trinajstić information content (AvgIpc) is 2.49. The molecule has 0 aliphatic carbocycles. The Bertz CT molecular complexity index is 318. The lowest BCUT2D eigenvalue weighted by molar-refractivity contribution is 0.0970. The molecule has 78 valence electrons. The molecule has 0 fully saturated rings. The Hall–Kier alpha value is -0.770. The summed E-state index contributed by atoms with van der Waals surface area (Å²) in [6.07, 6.45) is 0.587. The standard InChI is InChI=1S/C10H16N2OS/c1-6(2)5-8(13)10-9(7(3)4)11-12-14-10/h6-7H,5H2,1-4H3. The Morgan fingerprint density at radius 3 is 2.50 bits per heavy atom. The van der Waals surface area contributed by atoms with Gasteiger partial charge in [-0.1, -0.05) is 32.2 Å². The van der Waals surface area contributed by atoms with Crippen LogP contribution < -0.4 is 0 Å². The number of nitrogens with zero attached hydrogens (tertiary/aromatic N) is 2. The average molecular weight is 212 g/mol. The number of rotatable bonds is 4. The van der Waals surface area contributed by atoms with Crippen molar-refractivity contribution in [3.63, 3.8) is 0 Å². The number of carbonyl (C=O) groups excluding carboxylic acids is 1. The second-order valence-electron chi connectivity index (χ2n) is 4.16. The van der Waals surface area contributed by atoms with E-state index in [-0.39, 0.29) is 11.7 Å². The summed E-state index contributed by atoms with van der Waals surface area (Å²) in [4.78, 5) is 12.5. The maximum Gasteiger partial charge on any atom is 0.176 e. The maximum atomic E-state index is 11.8. The molecule has 0 unspecified atom stereocenters. The van der Waals surface area contributed by atoms with E-state index in [1.807, 2.05) is 27.7 Å². The van der Waals surface area contributed by atoms with Crippen molar-refractivity contribution < 1.29 is 4.79 Å². The number of aromatic nitrogens is 2. The zero-order valence-electron chi connectivity index (χ0n) is 9.07. The summed E-state index contributed by atoms with van der Waals surface area (Å²) >= 11 is 1.22. The van der Waals surface area contributed by atoms with Gasteiger partial charge in [0, 0.05) is 6.42 Å². The minimum atomic E-state index is 0.179. The number of carbonyl (C=O) groups is 1. The Balaban J connectivity index is 2.84. The van der Waals surface area contributed by atoms with Crippen molar-refractivity contribution in [1.82, 2.24) is 9.59 Å². The second-order valence-corrected chi connectivity index (χ2v) is 4.92. The normalized spacial score (nSPS) is 11.3. The molecule has 0 bridgehead atoms. The molecule has 3 nitrogen and oxygen atoms in total. The molecule has 0 spiro atoms. The van der Waals surface area contributed by atoms with Crippen molar-refractivity contribution in [2.45, 2.75) is 40.0 Å². The van der Waals surface area contributed by atoms with Gasteiger partial charge in [-0.15, -0.1) is 5.10 Å². The summed E-state index contributed by atoms with van der Waals surface area (Å²) in [6.45, 7) is 8.15. The third-order valence-corrected chi connectivity index (χ3v) is 2.69. The molecule has 0 N–H and O–H groups in total. The van der Waals surface area contributed by atoms with Gasteiger partial charge in [-0.05, 0) is 23.4 Å². The molecule has 0 amide bonds. The Labute approximate surface area is 88.7 Å². The van der Waals surface area contributed by atoms with E-state index in [9.17, 15) is 4.79 Å². The first-order chi connectivity index (χ1) is 6.52. The van der Waals surface area contributed by atoms with Crippen molar-refractivity contribution in [3.05, 3.63) is 10.6 Å². The van der Waals surface area contributed by atoms with Gasteiger partial charge in [-0.25, -0.2) is 0 Å². The van der Waals surface area contributed by atoms with Crippen molar-refractivity contribution in [3.8, 4) is 0 Å². The third kappa shape index (κ3) is 2.61. The molecular formula is C10H16N2OS. The van der Waals surface area contributed by atoms with Crippen LogP contribution in [0.2, 0.25) is 0 Å². The van der Waals surface area contributed by atoms with E-state index in [1.54, 1.807) is 0 Å². The molecule has 1 rings (SSSR count). The smallest absolute Gasteiger partial charge is 0.176 e. The SMILES string of the molecule is CC(C)CC(=O)c1snnc1C(C)C. The Morgan fingerprint density at radius 2 is 2.00 bits per heavy atom. The molecule has 1 heterocycles. The minimum absolute atomic E-state index is 0.179. The molecule has 0 atom stereocenters. The van der Waals surface area contributed by atoms with Crippen molar-refractivity contribution >= 4 is 17.3 Å². The van der Waals surface area contributed by atoms with Crippen LogP contribution in [0.4, 0.5) is 0 Å². The van der Waals surface area contributed by atoms with Crippen LogP contribution in [0.3, 0.4) is 0 Å².